The van der Waals surface area contributed by atoms with Crippen molar-refractivity contribution in [2.45, 2.75) is 45.6 Å². The molecule has 6 heteroatoms. The molecule has 0 aliphatic carbocycles. The molecule has 2 aromatic rings. The summed E-state index contributed by atoms with van der Waals surface area (Å²) in [6, 6.07) is 18.5. The van der Waals surface area contributed by atoms with Crippen LogP contribution in [-0.2, 0) is 20.7 Å². The van der Waals surface area contributed by atoms with E-state index in [1.165, 1.54) is 4.90 Å². The standard InChI is InChI=1S/C26H31NO5/c1-19(15-20(2)17-31-25(29)22-11-7-4-8-12-22)13-14-24(28)27-23(18-32-26(27)30)16-21-9-5-3-6-10-21/h3-12,19-20,23H,13-18H2,1-2H3/t19-,20+,23-/m0/s1. The Hall–Kier alpha value is -3.15. The largest absolute Gasteiger partial charge is 0.462 e. The van der Waals surface area contributed by atoms with Gasteiger partial charge in [-0.3, -0.25) is 4.79 Å². The Bertz CT molecular complexity index is 899. The first kappa shape index (κ1) is 23.5. The minimum absolute atomic E-state index is 0.176. The number of ether oxygens (including phenoxy) is 2. The van der Waals surface area contributed by atoms with Gasteiger partial charge in [0.2, 0.25) is 5.91 Å². The minimum atomic E-state index is -0.551. The third-order valence-electron chi connectivity index (χ3n) is 5.71. The molecular formula is C26H31NO5. The van der Waals surface area contributed by atoms with E-state index >= 15 is 0 Å². The van der Waals surface area contributed by atoms with Crippen LogP contribution in [0.15, 0.2) is 60.7 Å². The van der Waals surface area contributed by atoms with Crippen molar-refractivity contribution in [3.63, 3.8) is 0 Å². The zero-order chi connectivity index (χ0) is 22.9. The van der Waals surface area contributed by atoms with E-state index in [1.807, 2.05) is 43.3 Å². The average molecular weight is 438 g/mol. The van der Waals surface area contributed by atoms with Crippen LogP contribution in [0.25, 0.3) is 0 Å². The molecule has 1 fully saturated rings. The molecule has 2 aromatic carbocycles. The monoisotopic (exact) mass is 437 g/mol. The van der Waals surface area contributed by atoms with E-state index in [1.54, 1.807) is 24.3 Å². The van der Waals surface area contributed by atoms with Gasteiger partial charge in [0.1, 0.15) is 6.61 Å². The maximum atomic E-state index is 12.8. The number of carbonyl (C=O) groups excluding carboxylic acids is 3. The number of benzene rings is 2. The van der Waals surface area contributed by atoms with E-state index in [2.05, 4.69) is 6.92 Å². The van der Waals surface area contributed by atoms with E-state index in [0.29, 0.717) is 25.0 Å². The van der Waals surface area contributed by atoms with E-state index < -0.39 is 6.09 Å². The first-order valence-corrected chi connectivity index (χ1v) is 11.2. The van der Waals surface area contributed by atoms with Crippen LogP contribution in [0.4, 0.5) is 4.79 Å². The number of nitrogens with zero attached hydrogens (tertiary/aromatic N) is 1. The second-order valence-corrected chi connectivity index (χ2v) is 8.63. The average Bonchev–Trinajstić information content (AvgIpc) is 3.17. The van der Waals surface area contributed by atoms with Crippen molar-refractivity contribution in [2.75, 3.05) is 13.2 Å². The maximum Gasteiger partial charge on any atom is 0.416 e. The summed E-state index contributed by atoms with van der Waals surface area (Å²) in [5.74, 6) is -0.0772. The molecule has 1 saturated heterocycles. The number of cyclic esters (lactones) is 1. The lowest BCUT2D eigenvalue weighted by atomic mass is 9.93. The van der Waals surface area contributed by atoms with Crippen molar-refractivity contribution in [3.8, 4) is 0 Å². The Morgan fingerprint density at radius 2 is 1.69 bits per heavy atom. The van der Waals surface area contributed by atoms with E-state index in [4.69, 9.17) is 9.47 Å². The van der Waals surface area contributed by atoms with Crippen molar-refractivity contribution in [1.82, 2.24) is 4.90 Å². The number of esters is 1. The predicted molar refractivity (Wildman–Crippen MR) is 121 cm³/mol. The molecule has 1 aliphatic rings. The summed E-state index contributed by atoms with van der Waals surface area (Å²) >= 11 is 0. The molecule has 0 bridgehead atoms. The fraction of sp³-hybridized carbons (Fsp3) is 0.423. The predicted octanol–water partition coefficient (Wildman–Crippen LogP) is 4.88. The van der Waals surface area contributed by atoms with E-state index in [9.17, 15) is 14.4 Å². The van der Waals surface area contributed by atoms with Crippen LogP contribution in [0.3, 0.4) is 0 Å². The molecule has 0 spiro atoms. The van der Waals surface area contributed by atoms with Gasteiger partial charge >= 0.3 is 12.1 Å². The molecule has 3 rings (SSSR count). The fourth-order valence-corrected chi connectivity index (χ4v) is 4.04. The topological polar surface area (TPSA) is 72.9 Å². The highest BCUT2D eigenvalue weighted by atomic mass is 16.6. The lowest BCUT2D eigenvalue weighted by Gasteiger charge is -2.21. The molecule has 2 amide bonds. The second-order valence-electron chi connectivity index (χ2n) is 8.63. The Balaban J connectivity index is 1.42. The summed E-state index contributed by atoms with van der Waals surface area (Å²) in [6.45, 7) is 4.68. The fourth-order valence-electron chi connectivity index (χ4n) is 4.04. The first-order valence-electron chi connectivity index (χ1n) is 11.2. The molecule has 0 radical (unpaired) electrons. The van der Waals surface area contributed by atoms with Crippen molar-refractivity contribution in [2.24, 2.45) is 11.8 Å². The van der Waals surface area contributed by atoms with Gasteiger partial charge in [0.25, 0.3) is 0 Å². The Morgan fingerprint density at radius 1 is 1.03 bits per heavy atom. The highest BCUT2D eigenvalue weighted by Gasteiger charge is 2.37. The molecule has 6 nitrogen and oxygen atoms in total. The lowest BCUT2D eigenvalue weighted by Crippen LogP contribution is -2.40. The normalized spacial score (nSPS) is 17.5. The van der Waals surface area contributed by atoms with Gasteiger partial charge in [0.05, 0.1) is 18.2 Å². The third-order valence-corrected chi connectivity index (χ3v) is 5.71. The zero-order valence-corrected chi connectivity index (χ0v) is 18.7. The first-order chi connectivity index (χ1) is 15.4. The van der Waals surface area contributed by atoms with Gasteiger partial charge in [0.15, 0.2) is 0 Å². The summed E-state index contributed by atoms with van der Waals surface area (Å²) in [5, 5.41) is 0. The highest BCUT2D eigenvalue weighted by Crippen LogP contribution is 2.22. The van der Waals surface area contributed by atoms with Gasteiger partial charge in [-0.25, -0.2) is 14.5 Å². The summed E-state index contributed by atoms with van der Waals surface area (Å²) in [5.41, 5.74) is 1.61. The number of carbonyl (C=O) groups is 3. The summed E-state index contributed by atoms with van der Waals surface area (Å²) in [6.07, 6.45) is 1.82. The maximum absolute atomic E-state index is 12.8. The number of imide groups is 1. The van der Waals surface area contributed by atoms with Gasteiger partial charge in [0, 0.05) is 6.42 Å². The van der Waals surface area contributed by atoms with Gasteiger partial charge in [-0.15, -0.1) is 0 Å². The van der Waals surface area contributed by atoms with Gasteiger partial charge < -0.3 is 9.47 Å². The molecule has 0 unspecified atom stereocenters. The number of rotatable bonds is 10. The molecule has 170 valence electrons. The van der Waals surface area contributed by atoms with Crippen LogP contribution in [0, 0.1) is 11.8 Å². The molecule has 0 N–H and O–H groups in total. The molecule has 1 heterocycles. The van der Waals surface area contributed by atoms with Gasteiger partial charge in [-0.2, -0.15) is 0 Å². The second kappa shape index (κ2) is 11.5. The summed E-state index contributed by atoms with van der Waals surface area (Å²) in [4.78, 5) is 38.3. The van der Waals surface area contributed by atoms with Crippen LogP contribution >= 0.6 is 0 Å². The molecule has 0 saturated carbocycles. The lowest BCUT2D eigenvalue weighted by molar-refractivity contribution is -0.129. The van der Waals surface area contributed by atoms with Crippen LogP contribution in [0.2, 0.25) is 0 Å². The molecule has 0 aromatic heterocycles. The van der Waals surface area contributed by atoms with Crippen molar-refractivity contribution in [1.29, 1.82) is 0 Å². The van der Waals surface area contributed by atoms with Crippen molar-refractivity contribution < 1.29 is 23.9 Å². The number of amides is 2. The quantitative estimate of drug-likeness (QED) is 0.496. The Kier molecular flexibility index (Phi) is 8.42. The third kappa shape index (κ3) is 6.67. The molecule has 32 heavy (non-hydrogen) atoms. The summed E-state index contributed by atoms with van der Waals surface area (Å²) < 4.78 is 10.6. The van der Waals surface area contributed by atoms with E-state index in [0.717, 1.165) is 12.0 Å². The van der Waals surface area contributed by atoms with Crippen LogP contribution in [-0.4, -0.2) is 42.1 Å². The van der Waals surface area contributed by atoms with Crippen molar-refractivity contribution in [3.05, 3.63) is 71.8 Å². The minimum Gasteiger partial charge on any atom is -0.462 e. The molecule has 1 aliphatic heterocycles. The van der Waals surface area contributed by atoms with Gasteiger partial charge in [-0.1, -0.05) is 62.4 Å². The number of hydrogen-bond donors (Lipinski definition) is 0. The van der Waals surface area contributed by atoms with Crippen LogP contribution in [0.5, 0.6) is 0 Å². The van der Waals surface area contributed by atoms with Crippen LogP contribution in [0.1, 0.15) is 49.0 Å². The highest BCUT2D eigenvalue weighted by molar-refractivity contribution is 5.93. The van der Waals surface area contributed by atoms with Crippen molar-refractivity contribution >= 4 is 18.0 Å². The molecule has 3 atom stereocenters. The Morgan fingerprint density at radius 3 is 2.38 bits per heavy atom. The molecular weight excluding hydrogens is 406 g/mol. The van der Waals surface area contributed by atoms with E-state index in [-0.39, 0.29) is 42.8 Å². The van der Waals surface area contributed by atoms with Crippen LogP contribution < -0.4 is 0 Å². The SMILES string of the molecule is C[C@@H](CCC(=O)N1C(=O)OC[C@@H]1Cc1ccccc1)C[C@@H](C)COC(=O)c1ccccc1. The zero-order valence-electron chi connectivity index (χ0n) is 18.7. The number of hydrogen-bond acceptors (Lipinski definition) is 5. The summed E-state index contributed by atoms with van der Waals surface area (Å²) in [7, 11) is 0. The Labute approximate surface area is 189 Å². The van der Waals surface area contributed by atoms with Gasteiger partial charge in [-0.05, 0) is 48.8 Å². The smallest absolute Gasteiger partial charge is 0.416 e.